The molecule has 3 aromatic rings. The molecule has 24 heavy (non-hydrogen) atoms. The number of rotatable bonds is 3. The van der Waals surface area contributed by atoms with Gasteiger partial charge in [0.2, 0.25) is 0 Å². The lowest BCUT2D eigenvalue weighted by atomic mass is 10.1. The van der Waals surface area contributed by atoms with Crippen molar-refractivity contribution in [2.75, 3.05) is 0 Å². The predicted molar refractivity (Wildman–Crippen MR) is 86.6 cm³/mol. The number of benzene rings is 1. The van der Waals surface area contributed by atoms with Crippen LogP contribution in [0.15, 0.2) is 52.2 Å². The van der Waals surface area contributed by atoms with Crippen molar-refractivity contribution in [2.45, 2.75) is 12.6 Å². The van der Waals surface area contributed by atoms with Gasteiger partial charge in [0.1, 0.15) is 17.4 Å². The highest BCUT2D eigenvalue weighted by atomic mass is 16.3. The summed E-state index contributed by atoms with van der Waals surface area (Å²) in [5.41, 5.74) is -0.333. The van der Waals surface area contributed by atoms with Gasteiger partial charge >= 0.3 is 0 Å². The number of fused-ring (bicyclic) bond motifs is 1. The van der Waals surface area contributed by atoms with Gasteiger partial charge in [-0.1, -0.05) is 12.1 Å². The maximum atomic E-state index is 12.5. The van der Waals surface area contributed by atoms with Crippen LogP contribution in [0.25, 0.3) is 10.9 Å². The predicted octanol–water partition coefficient (Wildman–Crippen LogP) is 1.00. The molecule has 0 saturated carbocycles. The van der Waals surface area contributed by atoms with E-state index in [1.54, 1.807) is 18.2 Å². The molecule has 7 heteroatoms. The van der Waals surface area contributed by atoms with E-state index >= 15 is 0 Å². The van der Waals surface area contributed by atoms with Crippen LogP contribution in [0, 0.1) is 11.3 Å². The minimum Gasteiger partial charge on any atom is -0.508 e. The second kappa shape index (κ2) is 6.02. The fraction of sp³-hybridized carbons (Fsp3) is 0.118. The number of hydrogen-bond acceptors (Lipinski definition) is 5. The molecule has 0 radical (unpaired) electrons. The highest BCUT2D eigenvalue weighted by Crippen LogP contribution is 2.19. The van der Waals surface area contributed by atoms with Crippen molar-refractivity contribution in [2.24, 2.45) is 0 Å². The van der Waals surface area contributed by atoms with Gasteiger partial charge in [-0.2, -0.15) is 5.26 Å². The smallest absolute Gasteiger partial charge is 0.266 e. The molecule has 0 aliphatic rings. The van der Waals surface area contributed by atoms with Crippen LogP contribution in [0.4, 0.5) is 0 Å². The molecule has 3 N–H and O–H groups in total. The average Bonchev–Trinajstić information content (AvgIpc) is 2.57. The molecule has 1 atom stereocenters. The van der Waals surface area contributed by atoms with Crippen LogP contribution in [-0.2, 0) is 6.54 Å². The number of aliphatic hydroxyl groups is 1. The number of H-pyrrole nitrogens is 1. The third kappa shape index (κ3) is 2.78. The molecule has 2 heterocycles. The highest BCUT2D eigenvalue weighted by molar-refractivity contribution is 5.78. The zero-order valence-corrected chi connectivity index (χ0v) is 12.4. The van der Waals surface area contributed by atoms with Gasteiger partial charge in [-0.25, -0.2) is 0 Å². The van der Waals surface area contributed by atoms with Gasteiger partial charge in [-0.15, -0.1) is 0 Å². The molecule has 0 spiro atoms. The summed E-state index contributed by atoms with van der Waals surface area (Å²) < 4.78 is 1.29. The van der Waals surface area contributed by atoms with E-state index in [-0.39, 0.29) is 23.2 Å². The Balaban J connectivity index is 2.03. The van der Waals surface area contributed by atoms with E-state index in [0.717, 1.165) is 0 Å². The Hall–Kier alpha value is -3.37. The van der Waals surface area contributed by atoms with Gasteiger partial charge in [0, 0.05) is 6.20 Å². The zero-order valence-electron chi connectivity index (χ0n) is 12.4. The summed E-state index contributed by atoms with van der Waals surface area (Å²) in [5.74, 6) is 0.0219. The lowest BCUT2D eigenvalue weighted by molar-refractivity contribution is 0.155. The van der Waals surface area contributed by atoms with E-state index in [0.29, 0.717) is 11.1 Å². The van der Waals surface area contributed by atoms with Crippen LogP contribution < -0.4 is 11.1 Å². The molecule has 0 aliphatic carbocycles. The van der Waals surface area contributed by atoms with Gasteiger partial charge in [-0.3, -0.25) is 9.59 Å². The number of nitrogens with one attached hydrogen (secondary N) is 1. The van der Waals surface area contributed by atoms with Crippen LogP contribution in [0.5, 0.6) is 5.75 Å². The lowest BCUT2D eigenvalue weighted by Crippen LogP contribution is -2.24. The number of nitriles is 1. The van der Waals surface area contributed by atoms with Crippen molar-refractivity contribution in [3.05, 3.63) is 74.4 Å². The van der Waals surface area contributed by atoms with Gasteiger partial charge in [0.15, 0.2) is 0 Å². The standard InChI is InChI=1S/C17H13N3O4/c18-8-11-7-13-14(19-16(11)23)4-5-20(17(13)24)9-15(22)10-2-1-3-12(21)6-10/h1-7,15,21-22H,9H2,(H,19,23)/t15-/m0/s1. The first-order valence-electron chi connectivity index (χ1n) is 7.13. The first kappa shape index (κ1) is 15.5. The van der Waals surface area contributed by atoms with Crippen LogP contribution >= 0.6 is 0 Å². The Kier molecular flexibility index (Phi) is 3.90. The van der Waals surface area contributed by atoms with Crippen molar-refractivity contribution in [1.29, 1.82) is 5.26 Å². The molecule has 0 aliphatic heterocycles. The van der Waals surface area contributed by atoms with Crippen molar-refractivity contribution < 1.29 is 10.2 Å². The normalized spacial score (nSPS) is 12.0. The SMILES string of the molecule is N#Cc1cc2c(=O)n(C[C@H](O)c3cccc(O)c3)ccc2[nH]c1=O. The molecule has 1 aromatic carbocycles. The summed E-state index contributed by atoms with van der Waals surface area (Å²) in [6.45, 7) is -0.0285. The maximum Gasteiger partial charge on any atom is 0.266 e. The summed E-state index contributed by atoms with van der Waals surface area (Å²) in [6, 6.07) is 10.7. The van der Waals surface area contributed by atoms with Gasteiger partial charge in [0.05, 0.1) is 23.6 Å². The fourth-order valence-corrected chi connectivity index (χ4v) is 2.49. The van der Waals surface area contributed by atoms with E-state index in [1.807, 2.05) is 0 Å². The summed E-state index contributed by atoms with van der Waals surface area (Å²) in [7, 11) is 0. The molecule has 0 bridgehead atoms. The molecule has 0 saturated heterocycles. The van der Waals surface area contributed by atoms with Crippen molar-refractivity contribution in [3.8, 4) is 11.8 Å². The number of hydrogen-bond donors (Lipinski definition) is 3. The molecule has 0 amide bonds. The van der Waals surface area contributed by atoms with E-state index < -0.39 is 17.2 Å². The molecule has 120 valence electrons. The molecule has 0 unspecified atom stereocenters. The van der Waals surface area contributed by atoms with Gasteiger partial charge in [-0.05, 0) is 29.8 Å². The monoisotopic (exact) mass is 323 g/mol. The summed E-state index contributed by atoms with van der Waals surface area (Å²) in [5, 5.41) is 28.8. The largest absolute Gasteiger partial charge is 0.508 e. The van der Waals surface area contributed by atoms with Crippen molar-refractivity contribution in [3.63, 3.8) is 0 Å². The number of phenols is 1. The summed E-state index contributed by atoms with van der Waals surface area (Å²) in [6.07, 6.45) is 0.462. The number of aliphatic hydroxyl groups excluding tert-OH is 1. The Bertz CT molecular complexity index is 1080. The molecular formula is C17H13N3O4. The van der Waals surface area contributed by atoms with E-state index in [2.05, 4.69) is 4.98 Å². The van der Waals surface area contributed by atoms with Crippen molar-refractivity contribution in [1.82, 2.24) is 9.55 Å². The van der Waals surface area contributed by atoms with Crippen LogP contribution in [0.1, 0.15) is 17.2 Å². The topological polar surface area (TPSA) is 119 Å². The van der Waals surface area contributed by atoms with Crippen LogP contribution in [-0.4, -0.2) is 19.8 Å². The van der Waals surface area contributed by atoms with Gasteiger partial charge < -0.3 is 19.8 Å². The number of aromatic hydroxyl groups is 1. The third-order valence-corrected chi connectivity index (χ3v) is 3.73. The Morgan fingerprint density at radius 3 is 2.75 bits per heavy atom. The molecular weight excluding hydrogens is 310 g/mol. The summed E-state index contributed by atoms with van der Waals surface area (Å²) >= 11 is 0. The number of pyridine rings is 2. The number of phenolic OH excluding ortho intramolecular Hbond substituents is 1. The summed E-state index contributed by atoms with van der Waals surface area (Å²) in [4.78, 5) is 26.6. The van der Waals surface area contributed by atoms with Crippen LogP contribution in [0.3, 0.4) is 0 Å². The Labute approximate surface area is 135 Å². The van der Waals surface area contributed by atoms with E-state index in [9.17, 15) is 19.8 Å². The first-order valence-corrected chi connectivity index (χ1v) is 7.13. The highest BCUT2D eigenvalue weighted by Gasteiger charge is 2.12. The molecule has 7 nitrogen and oxygen atoms in total. The van der Waals surface area contributed by atoms with E-state index in [1.165, 1.54) is 35.0 Å². The second-order valence-corrected chi connectivity index (χ2v) is 5.34. The minimum atomic E-state index is -0.995. The molecule has 0 fully saturated rings. The fourth-order valence-electron chi connectivity index (χ4n) is 2.49. The van der Waals surface area contributed by atoms with Crippen LogP contribution in [0.2, 0.25) is 0 Å². The first-order chi connectivity index (χ1) is 11.5. The minimum absolute atomic E-state index is 0.0219. The Morgan fingerprint density at radius 2 is 2.04 bits per heavy atom. The zero-order chi connectivity index (χ0) is 17.3. The third-order valence-electron chi connectivity index (χ3n) is 3.73. The lowest BCUT2D eigenvalue weighted by Gasteiger charge is -2.14. The van der Waals surface area contributed by atoms with Crippen molar-refractivity contribution >= 4 is 10.9 Å². The number of aromatic amines is 1. The maximum absolute atomic E-state index is 12.5. The Morgan fingerprint density at radius 1 is 1.25 bits per heavy atom. The number of aromatic nitrogens is 2. The van der Waals surface area contributed by atoms with Gasteiger partial charge in [0.25, 0.3) is 11.1 Å². The molecule has 2 aromatic heterocycles. The van der Waals surface area contributed by atoms with E-state index in [4.69, 9.17) is 5.26 Å². The average molecular weight is 323 g/mol. The molecule has 3 rings (SSSR count). The second-order valence-electron chi connectivity index (χ2n) is 5.34. The number of nitrogens with zero attached hydrogens (tertiary/aromatic N) is 2. The quantitative estimate of drug-likeness (QED) is 0.664.